The Morgan fingerprint density at radius 2 is 2.00 bits per heavy atom. The highest BCUT2D eigenvalue weighted by Crippen LogP contribution is 2.18. The maximum Gasteiger partial charge on any atom is 0.0951 e. The van der Waals surface area contributed by atoms with Crippen molar-refractivity contribution in [3.8, 4) is 0 Å². The van der Waals surface area contributed by atoms with Gasteiger partial charge in [0.05, 0.1) is 12.0 Å². The zero-order chi connectivity index (χ0) is 14.1. The summed E-state index contributed by atoms with van der Waals surface area (Å²) in [5.41, 5.74) is 1.35. The molecule has 5 heteroatoms. The normalized spacial score (nSPS) is 26.1. The zero-order valence-electron chi connectivity index (χ0n) is 13.0. The Kier molecular flexibility index (Phi) is 4.10. The van der Waals surface area contributed by atoms with E-state index >= 15 is 0 Å². The number of aromatic nitrogens is 2. The van der Waals surface area contributed by atoms with Crippen LogP contribution in [0, 0.1) is 0 Å². The molecule has 5 nitrogen and oxygen atoms in total. The second-order valence-electron chi connectivity index (χ2n) is 6.57. The van der Waals surface area contributed by atoms with Crippen LogP contribution >= 0.6 is 0 Å². The van der Waals surface area contributed by atoms with Crippen molar-refractivity contribution in [2.45, 2.75) is 32.5 Å². The number of likely N-dealkylation sites (N-methyl/N-ethyl adjacent to an activating group) is 1. The molecule has 2 fully saturated rings. The summed E-state index contributed by atoms with van der Waals surface area (Å²) in [6.07, 6.45) is 3.99. The highest BCUT2D eigenvalue weighted by atomic mass is 15.3. The van der Waals surface area contributed by atoms with E-state index in [0.717, 1.165) is 6.54 Å². The van der Waals surface area contributed by atoms with E-state index < -0.39 is 0 Å². The van der Waals surface area contributed by atoms with Crippen LogP contribution in [0.25, 0.3) is 0 Å². The predicted octanol–water partition coefficient (Wildman–Crippen LogP) is 0.896. The second kappa shape index (κ2) is 5.84. The number of imidazole rings is 1. The van der Waals surface area contributed by atoms with Crippen LogP contribution in [-0.2, 0) is 6.54 Å². The second-order valence-corrected chi connectivity index (χ2v) is 6.57. The third kappa shape index (κ3) is 2.90. The summed E-state index contributed by atoms with van der Waals surface area (Å²) >= 11 is 0. The highest BCUT2D eigenvalue weighted by Gasteiger charge is 2.31. The molecule has 0 aromatic carbocycles. The van der Waals surface area contributed by atoms with E-state index in [1.54, 1.807) is 0 Å². The molecular weight excluding hydrogens is 250 g/mol. The number of rotatable bonds is 3. The van der Waals surface area contributed by atoms with Crippen LogP contribution in [0.4, 0.5) is 0 Å². The van der Waals surface area contributed by atoms with E-state index in [9.17, 15) is 0 Å². The molecule has 1 aromatic rings. The highest BCUT2D eigenvalue weighted by molar-refractivity contribution is 5.01. The first-order chi connectivity index (χ1) is 9.63. The smallest absolute Gasteiger partial charge is 0.0951 e. The Morgan fingerprint density at radius 1 is 1.20 bits per heavy atom. The van der Waals surface area contributed by atoms with E-state index in [0.29, 0.717) is 12.1 Å². The van der Waals surface area contributed by atoms with Crippen LogP contribution in [0.3, 0.4) is 0 Å². The molecule has 2 saturated heterocycles. The molecule has 0 aliphatic carbocycles. The van der Waals surface area contributed by atoms with E-state index in [4.69, 9.17) is 0 Å². The van der Waals surface area contributed by atoms with E-state index in [-0.39, 0.29) is 0 Å². The Bertz CT molecular complexity index is 441. The maximum atomic E-state index is 4.32. The lowest BCUT2D eigenvalue weighted by Gasteiger charge is -2.46. The minimum Gasteiger partial charge on any atom is -0.331 e. The average Bonchev–Trinajstić information content (AvgIpc) is 2.86. The van der Waals surface area contributed by atoms with Crippen molar-refractivity contribution in [1.82, 2.24) is 24.3 Å². The van der Waals surface area contributed by atoms with Crippen molar-refractivity contribution >= 4 is 0 Å². The lowest BCUT2D eigenvalue weighted by molar-refractivity contribution is 0.0167. The molecule has 0 radical (unpaired) electrons. The average molecular weight is 277 g/mol. The van der Waals surface area contributed by atoms with Gasteiger partial charge in [-0.15, -0.1) is 0 Å². The molecule has 0 spiro atoms. The van der Waals surface area contributed by atoms with Crippen molar-refractivity contribution in [2.75, 3.05) is 46.3 Å². The number of fused-ring (bicyclic) bond motifs is 1. The van der Waals surface area contributed by atoms with Crippen LogP contribution in [0.2, 0.25) is 0 Å². The first-order valence-electron chi connectivity index (χ1n) is 7.79. The largest absolute Gasteiger partial charge is 0.331 e. The van der Waals surface area contributed by atoms with Crippen molar-refractivity contribution in [1.29, 1.82) is 0 Å². The molecule has 1 atom stereocenters. The quantitative estimate of drug-likeness (QED) is 0.820. The van der Waals surface area contributed by atoms with Crippen molar-refractivity contribution in [3.05, 3.63) is 18.2 Å². The molecule has 1 unspecified atom stereocenters. The molecule has 20 heavy (non-hydrogen) atoms. The topological polar surface area (TPSA) is 27.5 Å². The van der Waals surface area contributed by atoms with Gasteiger partial charge in [-0.1, -0.05) is 0 Å². The number of hydrogen-bond acceptors (Lipinski definition) is 4. The van der Waals surface area contributed by atoms with Gasteiger partial charge in [-0.2, -0.15) is 0 Å². The first-order valence-corrected chi connectivity index (χ1v) is 7.79. The molecule has 3 heterocycles. The molecular formula is C15H27N5. The van der Waals surface area contributed by atoms with Gasteiger partial charge in [-0.3, -0.25) is 9.80 Å². The SMILES string of the molecule is CC(C)n1cncc1CN1CCN2CCN(C)CC2C1. The van der Waals surface area contributed by atoms with Gasteiger partial charge in [0, 0.05) is 64.1 Å². The summed E-state index contributed by atoms with van der Waals surface area (Å²) < 4.78 is 2.29. The van der Waals surface area contributed by atoms with Gasteiger partial charge in [0.2, 0.25) is 0 Å². The molecule has 0 bridgehead atoms. The fourth-order valence-corrected chi connectivity index (χ4v) is 3.47. The predicted molar refractivity (Wildman–Crippen MR) is 80.7 cm³/mol. The maximum absolute atomic E-state index is 4.32. The van der Waals surface area contributed by atoms with E-state index in [1.807, 2.05) is 12.5 Å². The lowest BCUT2D eigenvalue weighted by atomic mass is 10.1. The minimum atomic E-state index is 0.495. The third-order valence-electron chi connectivity index (χ3n) is 4.67. The number of nitrogens with zero attached hydrogens (tertiary/aromatic N) is 5. The monoisotopic (exact) mass is 277 g/mol. The Morgan fingerprint density at radius 3 is 2.80 bits per heavy atom. The van der Waals surface area contributed by atoms with Gasteiger partial charge >= 0.3 is 0 Å². The van der Waals surface area contributed by atoms with Crippen LogP contribution in [0.1, 0.15) is 25.6 Å². The van der Waals surface area contributed by atoms with Crippen molar-refractivity contribution in [3.63, 3.8) is 0 Å². The summed E-state index contributed by atoms with van der Waals surface area (Å²) in [5, 5.41) is 0. The fraction of sp³-hybridized carbons (Fsp3) is 0.800. The number of hydrogen-bond donors (Lipinski definition) is 0. The Labute approximate surface area is 122 Å². The van der Waals surface area contributed by atoms with Crippen LogP contribution in [0.15, 0.2) is 12.5 Å². The summed E-state index contributed by atoms with van der Waals surface area (Å²) in [6, 6.07) is 1.20. The van der Waals surface area contributed by atoms with Crippen LogP contribution in [-0.4, -0.2) is 76.6 Å². The van der Waals surface area contributed by atoms with E-state index in [1.165, 1.54) is 45.0 Å². The molecule has 3 rings (SSSR count). The fourth-order valence-electron chi connectivity index (χ4n) is 3.47. The molecule has 0 saturated carbocycles. The Balaban J connectivity index is 1.62. The molecule has 0 amide bonds. The molecule has 1 aromatic heterocycles. The van der Waals surface area contributed by atoms with Gasteiger partial charge in [0.1, 0.15) is 0 Å². The third-order valence-corrected chi connectivity index (χ3v) is 4.67. The van der Waals surface area contributed by atoms with Gasteiger partial charge in [0.15, 0.2) is 0 Å². The van der Waals surface area contributed by atoms with Crippen molar-refractivity contribution in [2.24, 2.45) is 0 Å². The number of piperazine rings is 2. The molecule has 2 aliphatic rings. The molecule has 112 valence electrons. The van der Waals surface area contributed by atoms with E-state index in [2.05, 4.69) is 45.1 Å². The minimum absolute atomic E-state index is 0.495. The van der Waals surface area contributed by atoms with Crippen LogP contribution < -0.4 is 0 Å². The Hall–Kier alpha value is -0.910. The molecule has 2 aliphatic heterocycles. The lowest BCUT2D eigenvalue weighted by Crippen LogP contribution is -2.61. The van der Waals surface area contributed by atoms with Gasteiger partial charge in [-0.05, 0) is 20.9 Å². The zero-order valence-corrected chi connectivity index (χ0v) is 13.0. The van der Waals surface area contributed by atoms with Gasteiger partial charge in [0.25, 0.3) is 0 Å². The summed E-state index contributed by atoms with van der Waals surface area (Å²) in [7, 11) is 2.24. The summed E-state index contributed by atoms with van der Waals surface area (Å²) in [6.45, 7) is 12.7. The first kappa shape index (κ1) is 14.0. The summed E-state index contributed by atoms with van der Waals surface area (Å²) in [4.78, 5) is 12.0. The standard InChI is InChI=1S/C15H27N5/c1-13(2)20-12-16-8-14(20)10-18-5-7-19-6-4-17(3)9-15(19)11-18/h8,12-13,15H,4-7,9-11H2,1-3H3. The van der Waals surface area contributed by atoms with Gasteiger partial charge in [-0.25, -0.2) is 4.98 Å². The van der Waals surface area contributed by atoms with Gasteiger partial charge < -0.3 is 9.47 Å². The van der Waals surface area contributed by atoms with Crippen LogP contribution in [0.5, 0.6) is 0 Å². The molecule has 0 N–H and O–H groups in total. The van der Waals surface area contributed by atoms with Crippen molar-refractivity contribution < 1.29 is 0 Å². The summed E-state index contributed by atoms with van der Waals surface area (Å²) in [5.74, 6) is 0.